The maximum atomic E-state index is 11.0. The summed E-state index contributed by atoms with van der Waals surface area (Å²) in [6.45, 7) is 0. The maximum absolute atomic E-state index is 11.0. The standard InChI is InChI=1S/C27H17N3O4/c31-29(32)22-12-6-18(7-13-22)5-8-21-17-26(20-9-14-23(15-10-20)30(33)34)28-25-16-11-19-3-1-2-4-24(19)27(21)25/h1-17H/b8-5+. The zero-order chi connectivity index (χ0) is 23.7. The Kier molecular flexibility index (Phi) is 5.27. The topological polar surface area (TPSA) is 99.2 Å². The maximum Gasteiger partial charge on any atom is 0.269 e. The van der Waals surface area contributed by atoms with Crippen LogP contribution in [-0.4, -0.2) is 14.8 Å². The highest BCUT2D eigenvalue weighted by Gasteiger charge is 2.11. The Morgan fingerprint density at radius 2 is 1.35 bits per heavy atom. The molecule has 1 heterocycles. The summed E-state index contributed by atoms with van der Waals surface area (Å²) in [5.41, 5.74) is 4.08. The first-order valence-corrected chi connectivity index (χ1v) is 10.5. The minimum Gasteiger partial charge on any atom is -0.258 e. The molecule has 0 aliphatic heterocycles. The number of nitro benzene ring substituents is 2. The van der Waals surface area contributed by atoms with Gasteiger partial charge in [0.2, 0.25) is 0 Å². The van der Waals surface area contributed by atoms with Crippen molar-refractivity contribution >= 4 is 45.2 Å². The van der Waals surface area contributed by atoms with Gasteiger partial charge in [-0.05, 0) is 58.3 Å². The van der Waals surface area contributed by atoms with E-state index in [-0.39, 0.29) is 11.4 Å². The van der Waals surface area contributed by atoms with Crippen LogP contribution in [0, 0.1) is 20.2 Å². The molecule has 0 bridgehead atoms. The number of nitrogens with zero attached hydrogens (tertiary/aromatic N) is 3. The van der Waals surface area contributed by atoms with Crippen LogP contribution in [0.1, 0.15) is 11.1 Å². The second-order valence-electron chi connectivity index (χ2n) is 7.76. The molecule has 0 aliphatic carbocycles. The monoisotopic (exact) mass is 447 g/mol. The van der Waals surface area contributed by atoms with Gasteiger partial charge in [-0.1, -0.05) is 42.5 Å². The Balaban J connectivity index is 1.67. The van der Waals surface area contributed by atoms with Crippen molar-refractivity contribution in [3.8, 4) is 11.3 Å². The number of nitro groups is 2. The molecule has 5 rings (SSSR count). The van der Waals surface area contributed by atoms with Gasteiger partial charge in [-0.15, -0.1) is 0 Å². The van der Waals surface area contributed by atoms with E-state index in [1.807, 2.05) is 54.6 Å². The van der Waals surface area contributed by atoms with E-state index in [1.165, 1.54) is 24.3 Å². The zero-order valence-corrected chi connectivity index (χ0v) is 17.8. The molecule has 0 amide bonds. The number of pyridine rings is 1. The third-order valence-corrected chi connectivity index (χ3v) is 5.66. The summed E-state index contributed by atoms with van der Waals surface area (Å²) in [6, 6.07) is 26.7. The molecule has 0 N–H and O–H groups in total. The van der Waals surface area contributed by atoms with Gasteiger partial charge in [0, 0.05) is 35.2 Å². The van der Waals surface area contributed by atoms with Crippen LogP contribution in [0.25, 0.3) is 45.1 Å². The molecule has 0 spiro atoms. The van der Waals surface area contributed by atoms with Crippen molar-refractivity contribution in [1.82, 2.24) is 4.98 Å². The number of rotatable bonds is 5. The van der Waals surface area contributed by atoms with Gasteiger partial charge in [-0.25, -0.2) is 4.98 Å². The summed E-state index contributed by atoms with van der Waals surface area (Å²) < 4.78 is 0. The van der Waals surface area contributed by atoms with Crippen LogP contribution in [0.2, 0.25) is 0 Å². The second-order valence-corrected chi connectivity index (χ2v) is 7.76. The SMILES string of the molecule is O=[N+]([O-])c1ccc(/C=C/c2cc(-c3ccc([N+](=O)[O-])cc3)nc3ccc4ccccc4c23)cc1. The van der Waals surface area contributed by atoms with Crippen molar-refractivity contribution in [3.63, 3.8) is 0 Å². The zero-order valence-electron chi connectivity index (χ0n) is 17.8. The number of benzene rings is 4. The summed E-state index contributed by atoms with van der Waals surface area (Å²) in [5.74, 6) is 0. The Morgan fingerprint density at radius 3 is 2.03 bits per heavy atom. The normalized spacial score (nSPS) is 11.3. The molecule has 7 heteroatoms. The van der Waals surface area contributed by atoms with Crippen molar-refractivity contribution in [2.24, 2.45) is 0 Å². The third kappa shape index (κ3) is 3.98. The molecule has 164 valence electrons. The van der Waals surface area contributed by atoms with Crippen LogP contribution in [-0.2, 0) is 0 Å². The minimum atomic E-state index is -0.428. The fourth-order valence-corrected chi connectivity index (χ4v) is 3.96. The van der Waals surface area contributed by atoms with E-state index < -0.39 is 9.85 Å². The lowest BCUT2D eigenvalue weighted by molar-refractivity contribution is -0.385. The van der Waals surface area contributed by atoms with Gasteiger partial charge >= 0.3 is 0 Å². The number of fused-ring (bicyclic) bond motifs is 3. The van der Waals surface area contributed by atoms with Crippen molar-refractivity contribution < 1.29 is 9.85 Å². The molecule has 0 fully saturated rings. The van der Waals surface area contributed by atoms with E-state index in [4.69, 9.17) is 4.98 Å². The van der Waals surface area contributed by atoms with Gasteiger partial charge in [0.15, 0.2) is 0 Å². The van der Waals surface area contributed by atoms with E-state index in [9.17, 15) is 20.2 Å². The van der Waals surface area contributed by atoms with Gasteiger partial charge in [0.05, 0.1) is 21.1 Å². The number of non-ortho nitro benzene ring substituents is 2. The highest BCUT2D eigenvalue weighted by Crippen LogP contribution is 2.32. The summed E-state index contributed by atoms with van der Waals surface area (Å²) >= 11 is 0. The van der Waals surface area contributed by atoms with Crippen LogP contribution < -0.4 is 0 Å². The van der Waals surface area contributed by atoms with Gasteiger partial charge < -0.3 is 0 Å². The Morgan fingerprint density at radius 1 is 0.706 bits per heavy atom. The van der Waals surface area contributed by atoms with Crippen molar-refractivity contribution in [3.05, 3.63) is 122 Å². The minimum absolute atomic E-state index is 0.0221. The van der Waals surface area contributed by atoms with Crippen molar-refractivity contribution in [1.29, 1.82) is 0 Å². The average Bonchev–Trinajstić information content (AvgIpc) is 2.87. The van der Waals surface area contributed by atoms with Gasteiger partial charge in [0.1, 0.15) is 0 Å². The Bertz CT molecular complexity index is 1590. The molecule has 4 aromatic carbocycles. The van der Waals surface area contributed by atoms with Gasteiger partial charge in [0.25, 0.3) is 11.4 Å². The molecule has 0 unspecified atom stereocenters. The summed E-state index contributed by atoms with van der Waals surface area (Å²) in [5, 5.41) is 25.1. The molecule has 7 nitrogen and oxygen atoms in total. The first-order valence-electron chi connectivity index (χ1n) is 10.5. The predicted octanol–water partition coefficient (Wildman–Crippen LogP) is 7.04. The van der Waals surface area contributed by atoms with Gasteiger partial charge in [-0.3, -0.25) is 20.2 Å². The molecule has 5 aromatic rings. The van der Waals surface area contributed by atoms with E-state index in [1.54, 1.807) is 24.3 Å². The Labute approximate surface area is 193 Å². The summed E-state index contributed by atoms with van der Waals surface area (Å²) in [7, 11) is 0. The molecular formula is C27H17N3O4. The average molecular weight is 447 g/mol. The van der Waals surface area contributed by atoms with Crippen LogP contribution in [0.15, 0.2) is 91.0 Å². The van der Waals surface area contributed by atoms with E-state index in [2.05, 4.69) is 0 Å². The fourth-order valence-electron chi connectivity index (χ4n) is 3.96. The molecular weight excluding hydrogens is 430 g/mol. The molecule has 0 aliphatic rings. The Hall–Kier alpha value is -4.91. The van der Waals surface area contributed by atoms with Crippen molar-refractivity contribution in [2.45, 2.75) is 0 Å². The molecule has 0 atom stereocenters. The largest absolute Gasteiger partial charge is 0.269 e. The number of aromatic nitrogens is 1. The number of hydrogen-bond donors (Lipinski definition) is 0. The lowest BCUT2D eigenvalue weighted by Crippen LogP contribution is -1.92. The smallest absolute Gasteiger partial charge is 0.258 e. The lowest BCUT2D eigenvalue weighted by Gasteiger charge is -2.10. The van der Waals surface area contributed by atoms with Gasteiger partial charge in [-0.2, -0.15) is 0 Å². The molecule has 0 saturated heterocycles. The predicted molar refractivity (Wildman–Crippen MR) is 133 cm³/mol. The highest BCUT2D eigenvalue weighted by molar-refractivity contribution is 6.11. The van der Waals surface area contributed by atoms with Crippen LogP contribution in [0.3, 0.4) is 0 Å². The third-order valence-electron chi connectivity index (χ3n) is 5.66. The van der Waals surface area contributed by atoms with E-state index in [0.717, 1.165) is 38.4 Å². The molecule has 0 radical (unpaired) electrons. The summed E-state index contributed by atoms with van der Waals surface area (Å²) in [6.07, 6.45) is 3.87. The van der Waals surface area contributed by atoms with Crippen LogP contribution in [0.5, 0.6) is 0 Å². The molecule has 34 heavy (non-hydrogen) atoms. The lowest BCUT2D eigenvalue weighted by atomic mass is 9.98. The van der Waals surface area contributed by atoms with Crippen LogP contribution in [0.4, 0.5) is 11.4 Å². The first-order chi connectivity index (χ1) is 16.5. The first kappa shape index (κ1) is 21.0. The van der Waals surface area contributed by atoms with E-state index >= 15 is 0 Å². The van der Waals surface area contributed by atoms with E-state index in [0.29, 0.717) is 5.69 Å². The fraction of sp³-hybridized carbons (Fsp3) is 0. The molecule has 0 saturated carbocycles. The number of hydrogen-bond acceptors (Lipinski definition) is 5. The quantitative estimate of drug-likeness (QED) is 0.163. The second kappa shape index (κ2) is 8.55. The highest BCUT2D eigenvalue weighted by atomic mass is 16.6. The van der Waals surface area contributed by atoms with Crippen molar-refractivity contribution in [2.75, 3.05) is 0 Å². The molecule has 1 aromatic heterocycles. The van der Waals surface area contributed by atoms with Crippen LogP contribution >= 0.6 is 0 Å². The summed E-state index contributed by atoms with van der Waals surface area (Å²) in [4.78, 5) is 25.9.